The van der Waals surface area contributed by atoms with Gasteiger partial charge >= 0.3 is 0 Å². The Labute approximate surface area is 120 Å². The molecule has 2 aromatic rings. The summed E-state index contributed by atoms with van der Waals surface area (Å²) in [6.45, 7) is 7.14. The highest BCUT2D eigenvalue weighted by Gasteiger charge is 2.00. The topological polar surface area (TPSA) is 44.5 Å². The van der Waals surface area contributed by atoms with Crippen molar-refractivity contribution in [1.82, 2.24) is 0 Å². The second kappa shape index (κ2) is 6.33. The first-order chi connectivity index (χ1) is 9.56. The SMILES string of the molecule is Cc1ccc(OCCOc2ccc(C)c(N)c2)cc1C. The normalized spacial score (nSPS) is 10.3. The van der Waals surface area contributed by atoms with Crippen molar-refractivity contribution in [3.8, 4) is 11.5 Å². The number of nitrogen functional groups attached to an aromatic ring is 1. The number of rotatable bonds is 5. The van der Waals surface area contributed by atoms with E-state index in [9.17, 15) is 0 Å². The van der Waals surface area contributed by atoms with E-state index >= 15 is 0 Å². The molecule has 0 bridgehead atoms. The molecule has 20 heavy (non-hydrogen) atoms. The maximum absolute atomic E-state index is 5.84. The van der Waals surface area contributed by atoms with Crippen molar-refractivity contribution in [3.05, 3.63) is 53.1 Å². The Morgan fingerprint density at radius 2 is 1.30 bits per heavy atom. The van der Waals surface area contributed by atoms with Gasteiger partial charge in [0.15, 0.2) is 0 Å². The number of hydrogen-bond donors (Lipinski definition) is 1. The van der Waals surface area contributed by atoms with Gasteiger partial charge in [0.2, 0.25) is 0 Å². The number of nitrogens with two attached hydrogens (primary N) is 1. The Balaban J connectivity index is 1.81. The number of aryl methyl sites for hydroxylation is 3. The van der Waals surface area contributed by atoms with Crippen LogP contribution in [0.4, 0.5) is 5.69 Å². The monoisotopic (exact) mass is 271 g/mol. The second-order valence-electron chi connectivity index (χ2n) is 4.96. The summed E-state index contributed by atoms with van der Waals surface area (Å²) >= 11 is 0. The fraction of sp³-hybridized carbons (Fsp3) is 0.294. The molecular formula is C17H21NO2. The van der Waals surface area contributed by atoms with Crippen LogP contribution in [0.2, 0.25) is 0 Å². The maximum atomic E-state index is 5.84. The van der Waals surface area contributed by atoms with Crippen LogP contribution in [0.1, 0.15) is 16.7 Å². The lowest BCUT2D eigenvalue weighted by Crippen LogP contribution is -2.09. The van der Waals surface area contributed by atoms with Gasteiger partial charge in [-0.25, -0.2) is 0 Å². The van der Waals surface area contributed by atoms with Gasteiger partial charge < -0.3 is 15.2 Å². The van der Waals surface area contributed by atoms with Crippen LogP contribution in [0.5, 0.6) is 11.5 Å². The third-order valence-electron chi connectivity index (χ3n) is 3.35. The number of ether oxygens (including phenoxy) is 2. The quantitative estimate of drug-likeness (QED) is 0.667. The van der Waals surface area contributed by atoms with Crippen LogP contribution in [0, 0.1) is 20.8 Å². The van der Waals surface area contributed by atoms with Crippen LogP contribution in [-0.2, 0) is 0 Å². The Hall–Kier alpha value is -2.16. The van der Waals surface area contributed by atoms with Crippen molar-refractivity contribution in [2.45, 2.75) is 20.8 Å². The number of benzene rings is 2. The molecule has 2 rings (SSSR count). The van der Waals surface area contributed by atoms with E-state index in [1.807, 2.05) is 37.3 Å². The highest BCUT2D eigenvalue weighted by Crippen LogP contribution is 2.19. The van der Waals surface area contributed by atoms with Crippen LogP contribution in [-0.4, -0.2) is 13.2 Å². The molecule has 0 spiro atoms. The highest BCUT2D eigenvalue weighted by atomic mass is 16.5. The molecule has 0 amide bonds. The lowest BCUT2D eigenvalue weighted by molar-refractivity contribution is 0.217. The molecule has 0 aliphatic heterocycles. The van der Waals surface area contributed by atoms with Gasteiger partial charge in [0.25, 0.3) is 0 Å². The Morgan fingerprint density at radius 3 is 1.85 bits per heavy atom. The fourth-order valence-corrected chi connectivity index (χ4v) is 1.83. The molecule has 0 aliphatic carbocycles. The minimum Gasteiger partial charge on any atom is -0.490 e. The third-order valence-corrected chi connectivity index (χ3v) is 3.35. The predicted molar refractivity (Wildman–Crippen MR) is 82.5 cm³/mol. The standard InChI is InChI=1S/C17H21NO2/c1-12-4-6-15(10-14(12)3)19-8-9-20-16-7-5-13(2)17(18)11-16/h4-7,10-11H,8-9,18H2,1-3H3. The predicted octanol–water partition coefficient (Wildman–Crippen LogP) is 3.65. The van der Waals surface area contributed by atoms with Crippen molar-refractivity contribution in [3.63, 3.8) is 0 Å². The molecule has 106 valence electrons. The van der Waals surface area contributed by atoms with Gasteiger partial charge in [-0.3, -0.25) is 0 Å². The van der Waals surface area contributed by atoms with Crippen LogP contribution < -0.4 is 15.2 Å². The van der Waals surface area contributed by atoms with Gasteiger partial charge in [-0.1, -0.05) is 12.1 Å². The van der Waals surface area contributed by atoms with Crippen molar-refractivity contribution >= 4 is 5.69 Å². The summed E-state index contributed by atoms with van der Waals surface area (Å²) in [6.07, 6.45) is 0. The molecule has 0 atom stereocenters. The van der Waals surface area contributed by atoms with Crippen molar-refractivity contribution in [1.29, 1.82) is 0 Å². The first kappa shape index (κ1) is 14.3. The Morgan fingerprint density at radius 1 is 0.750 bits per heavy atom. The molecule has 0 saturated carbocycles. The van der Waals surface area contributed by atoms with Crippen molar-refractivity contribution in [2.24, 2.45) is 0 Å². The van der Waals surface area contributed by atoms with E-state index in [0.717, 1.165) is 22.7 Å². The lowest BCUT2D eigenvalue weighted by atomic mass is 10.1. The maximum Gasteiger partial charge on any atom is 0.122 e. The molecule has 2 aromatic carbocycles. The second-order valence-corrected chi connectivity index (χ2v) is 4.96. The zero-order valence-corrected chi connectivity index (χ0v) is 12.3. The lowest BCUT2D eigenvalue weighted by Gasteiger charge is -2.10. The molecule has 0 saturated heterocycles. The molecule has 0 heterocycles. The Bertz CT molecular complexity index is 540. The molecule has 2 N–H and O–H groups in total. The van der Waals surface area contributed by atoms with Gasteiger partial charge in [0, 0.05) is 11.8 Å². The Kier molecular flexibility index (Phi) is 4.51. The smallest absolute Gasteiger partial charge is 0.122 e. The van der Waals surface area contributed by atoms with Gasteiger partial charge in [0.1, 0.15) is 24.7 Å². The summed E-state index contributed by atoms with van der Waals surface area (Å²) < 4.78 is 11.3. The minimum atomic E-state index is 0.495. The fourth-order valence-electron chi connectivity index (χ4n) is 1.83. The molecular weight excluding hydrogens is 250 g/mol. The first-order valence-electron chi connectivity index (χ1n) is 6.75. The molecule has 0 radical (unpaired) electrons. The van der Waals surface area contributed by atoms with Gasteiger partial charge in [-0.15, -0.1) is 0 Å². The van der Waals surface area contributed by atoms with E-state index < -0.39 is 0 Å². The first-order valence-corrected chi connectivity index (χ1v) is 6.75. The van der Waals surface area contributed by atoms with Gasteiger partial charge in [0.05, 0.1) is 0 Å². The van der Waals surface area contributed by atoms with E-state index in [-0.39, 0.29) is 0 Å². The van der Waals surface area contributed by atoms with E-state index in [1.54, 1.807) is 0 Å². The zero-order chi connectivity index (χ0) is 14.5. The summed E-state index contributed by atoms with van der Waals surface area (Å²) in [5.41, 5.74) is 10.1. The van der Waals surface area contributed by atoms with Crippen molar-refractivity contribution in [2.75, 3.05) is 18.9 Å². The van der Waals surface area contributed by atoms with Crippen molar-refractivity contribution < 1.29 is 9.47 Å². The van der Waals surface area contributed by atoms with E-state index in [2.05, 4.69) is 19.9 Å². The van der Waals surface area contributed by atoms with Crippen LogP contribution >= 0.6 is 0 Å². The summed E-state index contributed by atoms with van der Waals surface area (Å²) in [6, 6.07) is 11.8. The average Bonchev–Trinajstić information content (AvgIpc) is 2.42. The highest BCUT2D eigenvalue weighted by molar-refractivity contribution is 5.50. The summed E-state index contributed by atoms with van der Waals surface area (Å²) in [5, 5.41) is 0. The van der Waals surface area contributed by atoms with E-state index in [0.29, 0.717) is 13.2 Å². The number of hydrogen-bond acceptors (Lipinski definition) is 3. The zero-order valence-electron chi connectivity index (χ0n) is 12.3. The number of anilines is 1. The molecule has 0 aliphatic rings. The summed E-state index contributed by atoms with van der Waals surface area (Å²) in [7, 11) is 0. The van der Waals surface area contributed by atoms with Crippen LogP contribution in [0.3, 0.4) is 0 Å². The van der Waals surface area contributed by atoms with E-state index in [4.69, 9.17) is 15.2 Å². The summed E-state index contributed by atoms with van der Waals surface area (Å²) in [4.78, 5) is 0. The van der Waals surface area contributed by atoms with Crippen LogP contribution in [0.15, 0.2) is 36.4 Å². The molecule has 3 heteroatoms. The largest absolute Gasteiger partial charge is 0.490 e. The molecule has 3 nitrogen and oxygen atoms in total. The average molecular weight is 271 g/mol. The molecule has 0 unspecified atom stereocenters. The third kappa shape index (κ3) is 3.67. The van der Waals surface area contributed by atoms with Crippen LogP contribution in [0.25, 0.3) is 0 Å². The van der Waals surface area contributed by atoms with Gasteiger partial charge in [-0.2, -0.15) is 0 Å². The minimum absolute atomic E-state index is 0.495. The van der Waals surface area contributed by atoms with E-state index in [1.165, 1.54) is 11.1 Å². The molecule has 0 fully saturated rings. The van der Waals surface area contributed by atoms with Gasteiger partial charge in [-0.05, 0) is 55.7 Å². The summed E-state index contributed by atoms with van der Waals surface area (Å²) in [5.74, 6) is 1.65. The molecule has 0 aromatic heterocycles.